The number of hydrogen-bond donors (Lipinski definition) is 2. The Morgan fingerprint density at radius 3 is 2.14 bits per heavy atom. The number of nitrogens with zero attached hydrogens (tertiary/aromatic N) is 2. The van der Waals surface area contributed by atoms with Crippen LogP contribution in [-0.4, -0.2) is 9.66 Å². The van der Waals surface area contributed by atoms with E-state index in [-0.39, 0.29) is 17.1 Å². The molecule has 3 aromatic rings. The molecular formula is C15H12F2N4. The van der Waals surface area contributed by atoms with E-state index in [4.69, 9.17) is 11.6 Å². The zero-order chi connectivity index (χ0) is 15.0. The number of rotatable bonds is 2. The van der Waals surface area contributed by atoms with Crippen LogP contribution < -0.4 is 11.6 Å². The van der Waals surface area contributed by atoms with E-state index in [1.807, 2.05) is 18.2 Å². The van der Waals surface area contributed by atoms with Crippen LogP contribution in [0.1, 0.15) is 0 Å². The number of anilines is 1. The average Bonchev–Trinajstić information content (AvgIpc) is 2.77. The van der Waals surface area contributed by atoms with Crippen molar-refractivity contribution in [3.63, 3.8) is 0 Å². The molecule has 21 heavy (non-hydrogen) atoms. The van der Waals surface area contributed by atoms with Gasteiger partial charge in [-0.25, -0.2) is 18.4 Å². The van der Waals surface area contributed by atoms with Gasteiger partial charge < -0.3 is 11.6 Å². The molecule has 4 N–H and O–H groups in total. The molecule has 0 radical (unpaired) electrons. The third-order valence-corrected chi connectivity index (χ3v) is 3.18. The Morgan fingerprint density at radius 1 is 0.905 bits per heavy atom. The fraction of sp³-hybridized carbons (Fsp3) is 0. The smallest absolute Gasteiger partial charge is 0.160 e. The molecule has 0 aliphatic carbocycles. The van der Waals surface area contributed by atoms with E-state index < -0.39 is 11.6 Å². The molecule has 0 aliphatic heterocycles. The lowest BCUT2D eigenvalue weighted by atomic mass is 10.1. The van der Waals surface area contributed by atoms with Crippen molar-refractivity contribution in [1.82, 2.24) is 9.66 Å². The van der Waals surface area contributed by atoms with Crippen molar-refractivity contribution in [2.24, 2.45) is 0 Å². The Labute approximate surface area is 119 Å². The number of hydrogen-bond acceptors (Lipinski definition) is 3. The summed E-state index contributed by atoms with van der Waals surface area (Å²) in [7, 11) is 0. The summed E-state index contributed by atoms with van der Waals surface area (Å²) in [4.78, 5) is 4.20. The van der Waals surface area contributed by atoms with Gasteiger partial charge in [0.15, 0.2) is 11.6 Å². The summed E-state index contributed by atoms with van der Waals surface area (Å²) in [6.07, 6.45) is 0. The minimum atomic E-state index is -0.737. The second-order valence-corrected chi connectivity index (χ2v) is 4.50. The zero-order valence-electron chi connectivity index (χ0n) is 10.9. The van der Waals surface area contributed by atoms with Crippen LogP contribution in [0.3, 0.4) is 0 Å². The highest BCUT2D eigenvalue weighted by Crippen LogP contribution is 2.32. The molecule has 0 fully saturated rings. The summed E-state index contributed by atoms with van der Waals surface area (Å²) in [5.41, 5.74) is 6.27. The molecular weight excluding hydrogens is 274 g/mol. The van der Waals surface area contributed by atoms with Crippen LogP contribution in [0.2, 0.25) is 0 Å². The number of nitrogens with two attached hydrogens (primary N) is 2. The molecule has 3 rings (SSSR count). The van der Waals surface area contributed by atoms with E-state index in [1.54, 1.807) is 12.1 Å². The number of imidazole rings is 1. The molecule has 0 saturated carbocycles. The first-order chi connectivity index (χ1) is 10.1. The lowest BCUT2D eigenvalue weighted by molar-refractivity contribution is 0.589. The average molecular weight is 286 g/mol. The molecule has 1 heterocycles. The second-order valence-electron chi connectivity index (χ2n) is 4.50. The van der Waals surface area contributed by atoms with E-state index >= 15 is 0 Å². The van der Waals surface area contributed by atoms with Crippen LogP contribution in [0.5, 0.6) is 0 Å². The van der Waals surface area contributed by atoms with E-state index in [1.165, 1.54) is 6.07 Å². The predicted molar refractivity (Wildman–Crippen MR) is 77.6 cm³/mol. The van der Waals surface area contributed by atoms with Crippen LogP contribution >= 0.6 is 0 Å². The summed E-state index contributed by atoms with van der Waals surface area (Å²) in [6.45, 7) is 0. The third kappa shape index (κ3) is 2.10. The molecule has 0 bridgehead atoms. The predicted octanol–water partition coefficient (Wildman–Crippen LogP) is 2.79. The van der Waals surface area contributed by atoms with E-state index in [0.717, 1.165) is 16.8 Å². The van der Waals surface area contributed by atoms with Gasteiger partial charge in [-0.2, -0.15) is 0 Å². The largest absolute Gasteiger partial charge is 0.382 e. The lowest BCUT2D eigenvalue weighted by Gasteiger charge is -2.03. The van der Waals surface area contributed by atoms with Crippen LogP contribution in [0.25, 0.3) is 22.6 Å². The molecule has 2 aromatic carbocycles. The highest BCUT2D eigenvalue weighted by Gasteiger charge is 2.21. The van der Waals surface area contributed by atoms with Gasteiger partial charge in [0, 0.05) is 5.56 Å². The first-order valence-corrected chi connectivity index (χ1v) is 6.22. The topological polar surface area (TPSA) is 69.9 Å². The summed E-state index contributed by atoms with van der Waals surface area (Å²) < 4.78 is 28.9. The molecule has 0 saturated heterocycles. The molecule has 6 heteroatoms. The number of benzene rings is 2. The fourth-order valence-electron chi connectivity index (χ4n) is 2.14. The fourth-order valence-corrected chi connectivity index (χ4v) is 2.14. The van der Waals surface area contributed by atoms with Crippen molar-refractivity contribution >= 4 is 5.82 Å². The molecule has 0 unspecified atom stereocenters. The van der Waals surface area contributed by atoms with Crippen LogP contribution in [0.4, 0.5) is 14.6 Å². The van der Waals surface area contributed by atoms with Crippen molar-refractivity contribution in [2.75, 3.05) is 11.6 Å². The lowest BCUT2D eigenvalue weighted by Crippen LogP contribution is -2.13. The Bertz CT molecular complexity index is 777. The van der Waals surface area contributed by atoms with Crippen LogP contribution in [0.15, 0.2) is 48.5 Å². The Kier molecular flexibility index (Phi) is 3.06. The molecule has 106 valence electrons. The molecule has 4 nitrogen and oxygen atoms in total. The zero-order valence-corrected chi connectivity index (χ0v) is 10.9. The number of aromatic nitrogens is 2. The Hall–Kier alpha value is -2.89. The molecule has 0 aliphatic rings. The van der Waals surface area contributed by atoms with E-state index in [2.05, 4.69) is 4.98 Å². The summed E-state index contributed by atoms with van der Waals surface area (Å²) in [5, 5.41) is 0. The normalized spacial score (nSPS) is 10.8. The van der Waals surface area contributed by atoms with Gasteiger partial charge >= 0.3 is 0 Å². The number of nitrogen functional groups attached to an aromatic ring is 2. The van der Waals surface area contributed by atoms with Gasteiger partial charge in [0.1, 0.15) is 17.3 Å². The Balaban J connectivity index is 2.23. The van der Waals surface area contributed by atoms with E-state index in [0.29, 0.717) is 11.4 Å². The number of halogens is 2. The summed E-state index contributed by atoms with van der Waals surface area (Å²) in [6, 6.07) is 12.6. The van der Waals surface area contributed by atoms with Crippen LogP contribution in [0, 0.1) is 11.6 Å². The van der Waals surface area contributed by atoms with Gasteiger partial charge in [0.05, 0.1) is 5.56 Å². The maximum atomic E-state index is 13.9. The third-order valence-electron chi connectivity index (χ3n) is 3.18. The maximum absolute atomic E-state index is 13.9. The van der Waals surface area contributed by atoms with Crippen molar-refractivity contribution in [3.8, 4) is 22.6 Å². The minimum Gasteiger partial charge on any atom is -0.382 e. The van der Waals surface area contributed by atoms with Gasteiger partial charge in [-0.1, -0.05) is 36.4 Å². The Morgan fingerprint density at radius 2 is 1.52 bits per heavy atom. The van der Waals surface area contributed by atoms with Crippen molar-refractivity contribution < 1.29 is 8.78 Å². The van der Waals surface area contributed by atoms with Gasteiger partial charge in [-0.05, 0) is 12.1 Å². The van der Waals surface area contributed by atoms with E-state index in [9.17, 15) is 8.78 Å². The SMILES string of the molecule is Nc1c(-c2c(F)cccc2F)nc(-c2ccccc2)n1N. The molecule has 0 spiro atoms. The van der Waals surface area contributed by atoms with Crippen molar-refractivity contribution in [3.05, 3.63) is 60.2 Å². The van der Waals surface area contributed by atoms with Crippen LogP contribution in [-0.2, 0) is 0 Å². The van der Waals surface area contributed by atoms with Gasteiger partial charge in [0.25, 0.3) is 0 Å². The van der Waals surface area contributed by atoms with Gasteiger partial charge in [-0.3, -0.25) is 0 Å². The van der Waals surface area contributed by atoms with Crippen molar-refractivity contribution in [2.45, 2.75) is 0 Å². The molecule has 0 atom stereocenters. The second kappa shape index (κ2) is 4.90. The standard InChI is InChI=1S/C15H12F2N4/c16-10-7-4-8-11(17)12(10)13-14(18)21(19)15(20-13)9-5-2-1-3-6-9/h1-8H,18-19H2. The molecule has 1 aromatic heterocycles. The van der Waals surface area contributed by atoms with Gasteiger partial charge in [0.2, 0.25) is 0 Å². The quantitative estimate of drug-likeness (QED) is 0.712. The first kappa shape index (κ1) is 13.1. The van der Waals surface area contributed by atoms with Gasteiger partial charge in [-0.15, -0.1) is 0 Å². The first-order valence-electron chi connectivity index (χ1n) is 6.22. The monoisotopic (exact) mass is 286 g/mol. The molecule has 0 amide bonds. The highest BCUT2D eigenvalue weighted by atomic mass is 19.1. The maximum Gasteiger partial charge on any atom is 0.160 e. The summed E-state index contributed by atoms with van der Waals surface area (Å²) >= 11 is 0. The highest BCUT2D eigenvalue weighted by molar-refractivity contribution is 5.76. The minimum absolute atomic E-state index is 0.00199. The summed E-state index contributed by atoms with van der Waals surface area (Å²) in [5.74, 6) is 4.72. The van der Waals surface area contributed by atoms with Crippen molar-refractivity contribution in [1.29, 1.82) is 0 Å².